The van der Waals surface area contributed by atoms with Crippen LogP contribution in [0.15, 0.2) is 27.6 Å². The fraction of sp³-hybridized carbons (Fsp3) is 0.611. The molecule has 0 spiro atoms. The van der Waals surface area contributed by atoms with Gasteiger partial charge in [0.1, 0.15) is 0 Å². The first kappa shape index (κ1) is 20.4. The van der Waals surface area contributed by atoms with E-state index in [4.69, 9.17) is 0 Å². The second kappa shape index (κ2) is 8.64. The van der Waals surface area contributed by atoms with Gasteiger partial charge in [0.15, 0.2) is 0 Å². The van der Waals surface area contributed by atoms with Crippen molar-refractivity contribution >= 4 is 31.9 Å². The summed E-state index contributed by atoms with van der Waals surface area (Å²) in [4.78, 5) is 12.7. The SMILES string of the molecule is CC(C)CC[C@@H](C)NC(=O)c1cc(S(=O)(=O)N2CCCC2)ccc1Br. The minimum Gasteiger partial charge on any atom is -0.350 e. The van der Waals surface area contributed by atoms with Gasteiger partial charge in [-0.15, -0.1) is 0 Å². The van der Waals surface area contributed by atoms with Crippen LogP contribution in [-0.2, 0) is 10.0 Å². The number of benzene rings is 1. The van der Waals surface area contributed by atoms with Crippen LogP contribution < -0.4 is 5.32 Å². The van der Waals surface area contributed by atoms with E-state index < -0.39 is 10.0 Å². The molecule has 0 aromatic heterocycles. The first-order valence-corrected chi connectivity index (χ1v) is 11.1. The maximum Gasteiger partial charge on any atom is 0.252 e. The van der Waals surface area contributed by atoms with Crippen molar-refractivity contribution in [2.75, 3.05) is 13.1 Å². The Morgan fingerprint density at radius 2 is 1.84 bits per heavy atom. The number of amides is 1. The first-order chi connectivity index (χ1) is 11.7. The summed E-state index contributed by atoms with van der Waals surface area (Å²) >= 11 is 3.36. The van der Waals surface area contributed by atoms with Crippen LogP contribution in [0.3, 0.4) is 0 Å². The van der Waals surface area contributed by atoms with Crippen molar-refractivity contribution in [3.05, 3.63) is 28.2 Å². The summed E-state index contributed by atoms with van der Waals surface area (Å²) < 4.78 is 27.5. The smallest absolute Gasteiger partial charge is 0.252 e. The fourth-order valence-electron chi connectivity index (χ4n) is 2.87. The van der Waals surface area contributed by atoms with Crippen LogP contribution >= 0.6 is 15.9 Å². The molecule has 140 valence electrons. The Bertz CT molecular complexity index is 713. The lowest BCUT2D eigenvalue weighted by Gasteiger charge is -2.18. The maximum absolute atomic E-state index is 12.7. The van der Waals surface area contributed by atoms with E-state index >= 15 is 0 Å². The number of carbonyl (C=O) groups is 1. The van der Waals surface area contributed by atoms with Crippen LogP contribution in [0.25, 0.3) is 0 Å². The van der Waals surface area contributed by atoms with Crippen molar-refractivity contribution in [2.24, 2.45) is 5.92 Å². The highest BCUT2D eigenvalue weighted by molar-refractivity contribution is 9.10. The fourth-order valence-corrected chi connectivity index (χ4v) is 4.84. The van der Waals surface area contributed by atoms with E-state index in [9.17, 15) is 13.2 Å². The summed E-state index contributed by atoms with van der Waals surface area (Å²) in [6, 6.07) is 4.70. The van der Waals surface area contributed by atoms with Gasteiger partial charge in [0, 0.05) is 23.6 Å². The number of nitrogens with one attached hydrogen (secondary N) is 1. The number of carbonyl (C=O) groups excluding carboxylic acids is 1. The molecule has 0 unspecified atom stereocenters. The van der Waals surface area contributed by atoms with Crippen LogP contribution in [0, 0.1) is 5.92 Å². The van der Waals surface area contributed by atoms with Gasteiger partial charge in [-0.05, 0) is 72.7 Å². The molecule has 0 aliphatic carbocycles. The van der Waals surface area contributed by atoms with Crippen molar-refractivity contribution in [1.82, 2.24) is 9.62 Å². The first-order valence-electron chi connectivity index (χ1n) is 8.82. The normalized spacial score (nSPS) is 17.0. The van der Waals surface area contributed by atoms with Gasteiger partial charge in [0.05, 0.1) is 10.5 Å². The second-order valence-corrected chi connectivity index (χ2v) is 9.89. The van der Waals surface area contributed by atoms with Crippen LogP contribution in [0.2, 0.25) is 0 Å². The second-order valence-electron chi connectivity index (χ2n) is 7.10. The van der Waals surface area contributed by atoms with Gasteiger partial charge in [-0.2, -0.15) is 4.31 Å². The van der Waals surface area contributed by atoms with E-state index in [0.29, 0.717) is 29.0 Å². The molecule has 1 N–H and O–H groups in total. The molecule has 1 saturated heterocycles. The van der Waals surface area contributed by atoms with Crippen LogP contribution in [0.1, 0.15) is 56.8 Å². The quantitative estimate of drug-likeness (QED) is 0.715. The highest BCUT2D eigenvalue weighted by atomic mass is 79.9. The molecule has 1 fully saturated rings. The highest BCUT2D eigenvalue weighted by Crippen LogP contribution is 2.25. The van der Waals surface area contributed by atoms with Gasteiger partial charge in [0.25, 0.3) is 5.91 Å². The molecule has 1 aromatic carbocycles. The number of hydrogen-bond acceptors (Lipinski definition) is 3. The van der Waals surface area contributed by atoms with E-state index in [0.717, 1.165) is 25.7 Å². The number of halogens is 1. The van der Waals surface area contributed by atoms with Crippen molar-refractivity contribution in [2.45, 2.75) is 57.4 Å². The summed E-state index contributed by atoms with van der Waals surface area (Å²) in [7, 11) is -3.53. The average molecular weight is 431 g/mol. The molecule has 1 heterocycles. The van der Waals surface area contributed by atoms with Gasteiger partial charge >= 0.3 is 0 Å². The topological polar surface area (TPSA) is 66.5 Å². The number of nitrogens with zero attached hydrogens (tertiary/aromatic N) is 1. The third-order valence-electron chi connectivity index (χ3n) is 4.44. The van der Waals surface area contributed by atoms with E-state index in [1.807, 2.05) is 6.92 Å². The number of sulfonamides is 1. The summed E-state index contributed by atoms with van der Waals surface area (Å²) in [6.07, 6.45) is 3.70. The van der Waals surface area contributed by atoms with Gasteiger partial charge in [0.2, 0.25) is 10.0 Å². The molecular formula is C18H27BrN2O3S. The van der Waals surface area contributed by atoms with Crippen LogP contribution in [0.4, 0.5) is 0 Å². The molecule has 1 aliphatic rings. The lowest BCUT2D eigenvalue weighted by atomic mass is 10.0. The lowest BCUT2D eigenvalue weighted by Crippen LogP contribution is -2.33. The molecule has 2 rings (SSSR count). The van der Waals surface area contributed by atoms with Crippen molar-refractivity contribution in [3.8, 4) is 0 Å². The molecule has 1 atom stereocenters. The van der Waals surface area contributed by atoms with Crippen molar-refractivity contribution < 1.29 is 13.2 Å². The average Bonchev–Trinajstić information content (AvgIpc) is 3.08. The molecule has 1 amide bonds. The monoisotopic (exact) mass is 430 g/mol. The summed E-state index contributed by atoms with van der Waals surface area (Å²) in [5.74, 6) is 0.335. The standard InChI is InChI=1S/C18H27BrN2O3S/c1-13(2)6-7-14(3)20-18(22)16-12-15(8-9-17(16)19)25(23,24)21-10-4-5-11-21/h8-9,12-14H,4-7,10-11H2,1-3H3,(H,20,22)/t14-/m1/s1. The Labute approximate surface area is 159 Å². The largest absolute Gasteiger partial charge is 0.350 e. The predicted molar refractivity (Wildman–Crippen MR) is 103 cm³/mol. The minimum atomic E-state index is -3.53. The van der Waals surface area contributed by atoms with E-state index in [1.165, 1.54) is 10.4 Å². The molecule has 0 radical (unpaired) electrons. The Morgan fingerprint density at radius 1 is 1.20 bits per heavy atom. The highest BCUT2D eigenvalue weighted by Gasteiger charge is 2.28. The van der Waals surface area contributed by atoms with E-state index in [1.54, 1.807) is 12.1 Å². The number of rotatable bonds is 7. The molecule has 1 aromatic rings. The lowest BCUT2D eigenvalue weighted by molar-refractivity contribution is 0.0936. The minimum absolute atomic E-state index is 0.0423. The van der Waals surface area contributed by atoms with E-state index in [2.05, 4.69) is 35.1 Å². The van der Waals surface area contributed by atoms with Crippen LogP contribution in [0.5, 0.6) is 0 Å². The maximum atomic E-state index is 12.7. The van der Waals surface area contributed by atoms with Gasteiger partial charge in [-0.25, -0.2) is 8.42 Å². The molecule has 7 heteroatoms. The Kier molecular flexibility index (Phi) is 7.05. The van der Waals surface area contributed by atoms with Gasteiger partial charge in [-0.3, -0.25) is 4.79 Å². The summed E-state index contributed by atoms with van der Waals surface area (Å²) in [6.45, 7) is 7.37. The van der Waals surface area contributed by atoms with Crippen molar-refractivity contribution in [3.63, 3.8) is 0 Å². The van der Waals surface area contributed by atoms with Gasteiger partial charge in [-0.1, -0.05) is 13.8 Å². The van der Waals surface area contributed by atoms with Crippen molar-refractivity contribution in [1.29, 1.82) is 0 Å². The summed E-state index contributed by atoms with van der Waals surface area (Å²) in [5.41, 5.74) is 0.358. The predicted octanol–water partition coefficient (Wildman–Crippen LogP) is 3.79. The zero-order valence-electron chi connectivity index (χ0n) is 15.1. The molecule has 0 saturated carbocycles. The third-order valence-corrected chi connectivity index (χ3v) is 7.03. The zero-order chi connectivity index (χ0) is 18.6. The Morgan fingerprint density at radius 3 is 2.44 bits per heavy atom. The van der Waals surface area contributed by atoms with Gasteiger partial charge < -0.3 is 5.32 Å². The molecule has 0 bridgehead atoms. The Balaban J connectivity index is 2.17. The molecule has 5 nitrogen and oxygen atoms in total. The zero-order valence-corrected chi connectivity index (χ0v) is 17.5. The third kappa shape index (κ3) is 5.28. The summed E-state index contributed by atoms with van der Waals surface area (Å²) in [5, 5.41) is 2.96. The molecule has 25 heavy (non-hydrogen) atoms. The van der Waals surface area contributed by atoms with Crippen LogP contribution in [-0.4, -0.2) is 37.8 Å². The molecule has 1 aliphatic heterocycles. The molecular weight excluding hydrogens is 404 g/mol. The Hall–Kier alpha value is -0.920. The number of hydrogen-bond donors (Lipinski definition) is 1. The van der Waals surface area contributed by atoms with E-state index in [-0.39, 0.29) is 16.8 Å².